The van der Waals surface area contributed by atoms with Gasteiger partial charge in [0.2, 0.25) is 5.91 Å². The molecule has 2 fully saturated rings. The monoisotopic (exact) mass is 422 g/mol. The van der Waals surface area contributed by atoms with Crippen LogP contribution in [0.5, 0.6) is 0 Å². The highest BCUT2D eigenvalue weighted by atomic mass is 32.1. The fourth-order valence-electron chi connectivity index (χ4n) is 2.27. The average molecular weight is 422 g/mol. The average Bonchev–Trinajstić information content (AvgIpc) is 2.71. The van der Waals surface area contributed by atoms with E-state index in [1.165, 1.54) is 4.90 Å². The third kappa shape index (κ3) is 5.49. The van der Waals surface area contributed by atoms with Crippen LogP contribution in [-0.4, -0.2) is 78.5 Å². The molecule has 0 aliphatic carbocycles. The summed E-state index contributed by atoms with van der Waals surface area (Å²) in [7, 11) is -10.4. The van der Waals surface area contributed by atoms with Gasteiger partial charge in [0.25, 0.3) is 0 Å². The maximum absolute atomic E-state index is 11.4. The minimum Gasteiger partial charge on any atom is -0.387 e. The Balaban J connectivity index is 1.98. The number of aliphatic hydroxyl groups excluding tert-OH is 2. The number of hydrogen-bond donors (Lipinski definition) is 6. The van der Waals surface area contributed by atoms with Crippen LogP contribution in [0, 0.1) is 0 Å². The molecule has 2 saturated heterocycles. The summed E-state index contributed by atoms with van der Waals surface area (Å²) in [6.45, 7) is -0.692. The molecule has 1 amide bonds. The van der Waals surface area contributed by atoms with Crippen molar-refractivity contribution in [3.63, 3.8) is 0 Å². The van der Waals surface area contributed by atoms with E-state index in [0.29, 0.717) is 0 Å². The Labute approximate surface area is 146 Å². The summed E-state index contributed by atoms with van der Waals surface area (Å²) in [6.07, 6.45) is -5.44. The van der Waals surface area contributed by atoms with Crippen LogP contribution in [0.15, 0.2) is 0 Å². The molecule has 2 aliphatic rings. The number of aliphatic hydroxyl groups is 2. The molecule has 5 atom stereocenters. The van der Waals surface area contributed by atoms with Crippen molar-refractivity contribution in [2.45, 2.75) is 31.0 Å². The van der Waals surface area contributed by atoms with Gasteiger partial charge in [0.05, 0.1) is 6.61 Å². The molecule has 0 radical (unpaired) electrons. The van der Waals surface area contributed by atoms with Crippen molar-refractivity contribution in [3.8, 4) is 0 Å². The van der Waals surface area contributed by atoms with Crippen molar-refractivity contribution in [3.05, 3.63) is 0 Å². The van der Waals surface area contributed by atoms with Crippen LogP contribution in [0.2, 0.25) is 0 Å². The summed E-state index contributed by atoms with van der Waals surface area (Å²) in [6, 6.07) is 0. The first kappa shape index (κ1) is 20.8. The van der Waals surface area contributed by atoms with Gasteiger partial charge in [-0.2, -0.15) is 4.31 Å². The topological polar surface area (TPSA) is 195 Å². The lowest BCUT2D eigenvalue weighted by Gasteiger charge is -2.35. The van der Waals surface area contributed by atoms with Gasteiger partial charge in [-0.1, -0.05) is 0 Å². The number of nitrogens with zero attached hydrogens (tertiary/aromatic N) is 1. The fraction of sp³-hybridized carbons (Fsp3) is 0.778. The highest BCUT2D eigenvalue weighted by Gasteiger charge is 2.48. The highest BCUT2D eigenvalue weighted by Crippen LogP contribution is 2.57. The third-order valence-corrected chi connectivity index (χ3v) is 5.83. The predicted octanol–water partition coefficient (Wildman–Crippen LogP) is -2.23. The minimum atomic E-state index is -5.28. The van der Waals surface area contributed by atoms with Gasteiger partial charge in [-0.15, -0.1) is 0 Å². The zero-order valence-corrected chi connectivity index (χ0v) is 15.0. The molecule has 16 heteroatoms. The Bertz CT molecular complexity index is 641. The number of carbonyl (C=O) groups excluding carboxylic acids is 1. The van der Waals surface area contributed by atoms with E-state index in [9.17, 15) is 29.0 Å². The Morgan fingerprint density at radius 3 is 2.48 bits per heavy atom. The zero-order chi connectivity index (χ0) is 19.0. The van der Waals surface area contributed by atoms with E-state index >= 15 is 0 Å². The third-order valence-electron chi connectivity index (χ3n) is 3.34. The molecule has 2 aliphatic heterocycles. The fourth-order valence-corrected chi connectivity index (χ4v) is 4.18. The maximum atomic E-state index is 11.4. The molecule has 0 saturated carbocycles. The molecule has 0 aromatic rings. The summed E-state index contributed by atoms with van der Waals surface area (Å²) in [4.78, 5) is 38.7. The molecule has 0 bridgehead atoms. The molecule has 13 nitrogen and oxygen atoms in total. The molecule has 6 N–H and O–H groups in total. The van der Waals surface area contributed by atoms with Crippen molar-refractivity contribution in [1.29, 1.82) is 0 Å². The molecule has 0 spiro atoms. The van der Waals surface area contributed by atoms with Gasteiger partial charge in [0.1, 0.15) is 18.3 Å². The smallest absolute Gasteiger partial charge is 0.387 e. The summed E-state index contributed by atoms with van der Waals surface area (Å²) in [5.41, 5.74) is 0. The van der Waals surface area contributed by atoms with Crippen molar-refractivity contribution in [2.75, 3.05) is 13.2 Å². The maximum Gasteiger partial charge on any atom is 0.481 e. The van der Waals surface area contributed by atoms with Gasteiger partial charge in [-0.05, 0) is 12.2 Å². The molecule has 1 unspecified atom stereocenters. The molecule has 2 heterocycles. The van der Waals surface area contributed by atoms with Crippen LogP contribution in [0.25, 0.3) is 0 Å². The Morgan fingerprint density at radius 2 is 1.92 bits per heavy atom. The van der Waals surface area contributed by atoms with E-state index in [1.807, 2.05) is 0 Å². The lowest BCUT2D eigenvalue weighted by molar-refractivity contribution is -0.123. The number of ether oxygens (including phenoxy) is 1. The minimum absolute atomic E-state index is 0.0215. The first-order chi connectivity index (χ1) is 11.4. The van der Waals surface area contributed by atoms with Gasteiger partial charge >= 0.3 is 15.6 Å². The van der Waals surface area contributed by atoms with E-state index in [0.717, 1.165) is 0 Å². The molecule has 25 heavy (non-hydrogen) atoms. The summed E-state index contributed by atoms with van der Waals surface area (Å²) >= 11 is 4.95. The largest absolute Gasteiger partial charge is 0.481 e. The quantitative estimate of drug-likeness (QED) is 0.199. The summed E-state index contributed by atoms with van der Waals surface area (Å²) < 4.78 is 35.3. The number of rotatable bonds is 6. The lowest BCUT2D eigenvalue weighted by Crippen LogP contribution is -2.56. The number of phosphoric acid groups is 2. The normalized spacial score (nSPS) is 33.2. The van der Waals surface area contributed by atoms with E-state index in [-0.39, 0.29) is 24.0 Å². The van der Waals surface area contributed by atoms with Crippen molar-refractivity contribution < 1.29 is 52.4 Å². The number of thiocarbonyl (C=S) groups is 1. The van der Waals surface area contributed by atoms with E-state index in [4.69, 9.17) is 26.7 Å². The van der Waals surface area contributed by atoms with Gasteiger partial charge < -0.3 is 39.8 Å². The van der Waals surface area contributed by atoms with Crippen LogP contribution in [-0.2, 0) is 27.5 Å². The molecule has 144 valence electrons. The van der Waals surface area contributed by atoms with E-state index < -0.39 is 46.8 Å². The van der Waals surface area contributed by atoms with E-state index in [2.05, 4.69) is 14.2 Å². The van der Waals surface area contributed by atoms with Crippen LogP contribution in [0.1, 0.15) is 6.42 Å². The van der Waals surface area contributed by atoms with Gasteiger partial charge in [0, 0.05) is 13.0 Å². The van der Waals surface area contributed by atoms with Crippen LogP contribution < -0.4 is 5.32 Å². The molecule has 0 aromatic carbocycles. The van der Waals surface area contributed by atoms with Crippen LogP contribution in [0.4, 0.5) is 0 Å². The second-order valence-corrected chi connectivity index (χ2v) is 8.40. The number of hydrogen-bond acceptors (Lipinski definition) is 9. The van der Waals surface area contributed by atoms with Gasteiger partial charge in [-0.25, -0.2) is 9.13 Å². The molecular formula is C9H16N2O11P2S. The Hall–Kier alpha value is -0.500. The number of amides is 1. The zero-order valence-electron chi connectivity index (χ0n) is 12.4. The first-order valence-electron chi connectivity index (χ1n) is 6.76. The summed E-state index contributed by atoms with van der Waals surface area (Å²) in [5.74, 6) is -0.315. The lowest BCUT2D eigenvalue weighted by atomic mass is 10.1. The molecule has 0 aromatic heterocycles. The van der Waals surface area contributed by atoms with Crippen LogP contribution >= 0.6 is 27.9 Å². The Kier molecular flexibility index (Phi) is 6.35. The van der Waals surface area contributed by atoms with Crippen molar-refractivity contribution in [1.82, 2.24) is 10.2 Å². The van der Waals surface area contributed by atoms with Gasteiger partial charge in [-0.3, -0.25) is 9.32 Å². The second kappa shape index (κ2) is 7.62. The van der Waals surface area contributed by atoms with Gasteiger partial charge in [0.15, 0.2) is 11.3 Å². The highest BCUT2D eigenvalue weighted by molar-refractivity contribution is 7.80. The standard InChI is InChI=1S/C9H16N2O11P2S/c12-5-1-2-11(9(25)10-5)8-7(14)6(13)4(21-8)3-20-24(18,19)22-23(15,16)17/h4,6-8,13-14H,1-3H2,(H,18,19)(H,10,12,25)(H2,15,16,17)/t4-,6-,7-,8-/m1/s1. The summed E-state index contributed by atoms with van der Waals surface area (Å²) in [5, 5.41) is 22.3. The first-order valence-corrected chi connectivity index (χ1v) is 10.2. The number of phosphoric ester groups is 1. The number of carbonyl (C=O) groups is 1. The second-order valence-electron chi connectivity index (χ2n) is 5.18. The molecular weight excluding hydrogens is 406 g/mol. The van der Waals surface area contributed by atoms with Crippen LogP contribution in [0.3, 0.4) is 0 Å². The van der Waals surface area contributed by atoms with Crippen molar-refractivity contribution >= 4 is 38.9 Å². The molecule has 2 rings (SSSR count). The Morgan fingerprint density at radius 1 is 1.28 bits per heavy atom. The van der Waals surface area contributed by atoms with E-state index in [1.54, 1.807) is 0 Å². The van der Waals surface area contributed by atoms with Crippen molar-refractivity contribution in [2.24, 2.45) is 0 Å². The predicted molar refractivity (Wildman–Crippen MR) is 81.6 cm³/mol. The SMILES string of the molecule is O=C1CCN([C@@H]2O[C@H](COP(=O)(O)OP(=O)(O)O)[C@@H](O)[C@H]2O)C(=S)N1. The number of nitrogens with one attached hydrogen (secondary N) is 1.